The lowest BCUT2D eigenvalue weighted by molar-refractivity contribution is -0.127. The van der Waals surface area contributed by atoms with Crippen molar-refractivity contribution < 1.29 is 18.4 Å². The Bertz CT molecular complexity index is 289. The minimum atomic E-state index is -1.48. The molecule has 78 valence electrons. The molecular formula is C9H11F2NO2. The minimum Gasteiger partial charge on any atom is -0.359 e. The van der Waals surface area contributed by atoms with Gasteiger partial charge in [-0.05, 0) is 0 Å². The summed E-state index contributed by atoms with van der Waals surface area (Å²) in [6, 6.07) is 0. The highest BCUT2D eigenvalue weighted by atomic mass is 19.1. The summed E-state index contributed by atoms with van der Waals surface area (Å²) in [5.41, 5.74) is -0.169. The minimum absolute atomic E-state index is 0.169. The van der Waals surface area contributed by atoms with Gasteiger partial charge in [0.2, 0.25) is 5.91 Å². The first-order valence-electron chi connectivity index (χ1n) is 4.28. The number of allylic oxidation sites excluding steroid dienone is 2. The summed E-state index contributed by atoms with van der Waals surface area (Å²) in [5.74, 6) is -2.22. The van der Waals surface area contributed by atoms with E-state index in [1.54, 1.807) is 0 Å². The third-order valence-corrected chi connectivity index (χ3v) is 2.32. The Morgan fingerprint density at radius 1 is 1.57 bits per heavy atom. The predicted octanol–water partition coefficient (Wildman–Crippen LogP) is 0.903. The molecule has 1 amide bonds. The molecule has 1 aliphatic rings. The van der Waals surface area contributed by atoms with Gasteiger partial charge in [-0.15, -0.1) is 0 Å². The van der Waals surface area contributed by atoms with Gasteiger partial charge in [-0.25, -0.2) is 8.78 Å². The summed E-state index contributed by atoms with van der Waals surface area (Å²) in [6.07, 6.45) is -1.81. The van der Waals surface area contributed by atoms with E-state index in [4.69, 9.17) is 0 Å². The predicted molar refractivity (Wildman–Crippen MR) is 45.9 cm³/mol. The average Bonchev–Trinajstić information content (AvgIpc) is 2.19. The molecule has 0 saturated carbocycles. The number of rotatable bonds is 2. The molecule has 0 radical (unpaired) electrons. The molecule has 0 fully saturated rings. The van der Waals surface area contributed by atoms with Gasteiger partial charge in [0.1, 0.15) is 18.3 Å². The lowest BCUT2D eigenvalue weighted by atomic mass is 9.87. The first-order chi connectivity index (χ1) is 6.60. The topological polar surface area (TPSA) is 46.2 Å². The van der Waals surface area contributed by atoms with E-state index in [0.717, 1.165) is 0 Å². The van der Waals surface area contributed by atoms with E-state index < -0.39 is 23.8 Å². The summed E-state index contributed by atoms with van der Waals surface area (Å²) in [6.45, 7) is 0. The van der Waals surface area contributed by atoms with Crippen molar-refractivity contribution in [2.45, 2.75) is 19.0 Å². The van der Waals surface area contributed by atoms with E-state index in [-0.39, 0.29) is 18.4 Å². The maximum atomic E-state index is 13.3. The van der Waals surface area contributed by atoms with Crippen LogP contribution in [0, 0.1) is 5.92 Å². The van der Waals surface area contributed by atoms with Crippen LogP contribution in [0.4, 0.5) is 8.78 Å². The second-order valence-corrected chi connectivity index (χ2v) is 3.19. The van der Waals surface area contributed by atoms with E-state index in [1.807, 2.05) is 0 Å². The van der Waals surface area contributed by atoms with Gasteiger partial charge in [-0.1, -0.05) is 0 Å². The molecule has 1 rings (SSSR count). The summed E-state index contributed by atoms with van der Waals surface area (Å²) in [4.78, 5) is 21.4. The van der Waals surface area contributed by atoms with Gasteiger partial charge in [0.05, 0.1) is 5.92 Å². The summed E-state index contributed by atoms with van der Waals surface area (Å²) in [7, 11) is 1.37. The number of alkyl halides is 1. The van der Waals surface area contributed by atoms with Crippen LogP contribution in [-0.2, 0) is 9.59 Å². The van der Waals surface area contributed by atoms with Crippen LogP contribution in [-0.4, -0.2) is 25.4 Å². The Morgan fingerprint density at radius 3 is 2.71 bits per heavy atom. The zero-order valence-electron chi connectivity index (χ0n) is 7.72. The molecule has 0 heterocycles. The normalized spacial score (nSPS) is 27.4. The van der Waals surface area contributed by atoms with Crippen LogP contribution in [0.1, 0.15) is 12.8 Å². The number of carbonyl (C=O) groups is 2. The second kappa shape index (κ2) is 4.30. The lowest BCUT2D eigenvalue weighted by Gasteiger charge is -2.23. The monoisotopic (exact) mass is 203 g/mol. The van der Waals surface area contributed by atoms with Crippen molar-refractivity contribution in [2.24, 2.45) is 5.92 Å². The van der Waals surface area contributed by atoms with E-state index in [1.165, 1.54) is 7.05 Å². The zero-order chi connectivity index (χ0) is 10.7. The summed E-state index contributed by atoms with van der Waals surface area (Å²) >= 11 is 0. The van der Waals surface area contributed by atoms with Gasteiger partial charge in [-0.3, -0.25) is 9.59 Å². The molecule has 2 unspecified atom stereocenters. The fourth-order valence-electron chi connectivity index (χ4n) is 1.47. The van der Waals surface area contributed by atoms with Crippen molar-refractivity contribution in [3.8, 4) is 0 Å². The van der Waals surface area contributed by atoms with Crippen LogP contribution in [0.5, 0.6) is 0 Å². The summed E-state index contributed by atoms with van der Waals surface area (Å²) in [5, 5.41) is 2.26. The smallest absolute Gasteiger partial charge is 0.226 e. The molecule has 3 nitrogen and oxygen atoms in total. The van der Waals surface area contributed by atoms with Crippen molar-refractivity contribution in [3.05, 3.63) is 11.4 Å². The number of halogens is 2. The van der Waals surface area contributed by atoms with Crippen LogP contribution < -0.4 is 5.32 Å². The van der Waals surface area contributed by atoms with Crippen molar-refractivity contribution in [3.63, 3.8) is 0 Å². The fraction of sp³-hybridized carbons (Fsp3) is 0.556. The third kappa shape index (κ3) is 1.97. The van der Waals surface area contributed by atoms with Crippen LogP contribution in [0.3, 0.4) is 0 Å². The number of carbonyl (C=O) groups excluding carboxylic acids is 2. The average molecular weight is 203 g/mol. The maximum absolute atomic E-state index is 13.3. The number of hydrogen-bond donors (Lipinski definition) is 1. The number of aldehydes is 1. The van der Waals surface area contributed by atoms with Gasteiger partial charge < -0.3 is 5.32 Å². The SMILES string of the molecule is CNC(=O)C1CC(F)=C(C=O)CC1F. The Labute approximate surface area is 80.2 Å². The molecule has 0 spiro atoms. The highest BCUT2D eigenvalue weighted by molar-refractivity contribution is 5.81. The maximum Gasteiger partial charge on any atom is 0.226 e. The van der Waals surface area contributed by atoms with Gasteiger partial charge in [0.15, 0.2) is 0 Å². The van der Waals surface area contributed by atoms with Crippen molar-refractivity contribution in [1.29, 1.82) is 0 Å². The molecule has 0 aromatic heterocycles. The van der Waals surface area contributed by atoms with Crippen LogP contribution in [0.15, 0.2) is 11.4 Å². The molecule has 0 bridgehead atoms. The Balaban J connectivity index is 2.82. The Hall–Kier alpha value is -1.26. The largest absolute Gasteiger partial charge is 0.359 e. The number of nitrogens with one attached hydrogen (secondary N) is 1. The van der Waals surface area contributed by atoms with E-state index in [0.29, 0.717) is 6.29 Å². The number of hydrogen-bond acceptors (Lipinski definition) is 2. The fourth-order valence-corrected chi connectivity index (χ4v) is 1.47. The molecule has 0 aromatic rings. The zero-order valence-corrected chi connectivity index (χ0v) is 7.72. The Kier molecular flexibility index (Phi) is 3.33. The number of amides is 1. The standard InChI is InChI=1S/C9H11F2NO2/c1-12-9(14)6-3-7(10)5(4-13)2-8(6)11/h4,6,8H,2-3H2,1H3,(H,12,14). The Morgan fingerprint density at radius 2 is 2.21 bits per heavy atom. The lowest BCUT2D eigenvalue weighted by Crippen LogP contribution is -2.36. The van der Waals surface area contributed by atoms with Crippen LogP contribution in [0.2, 0.25) is 0 Å². The highest BCUT2D eigenvalue weighted by Crippen LogP contribution is 2.31. The van der Waals surface area contributed by atoms with E-state index in [2.05, 4.69) is 5.32 Å². The molecular weight excluding hydrogens is 192 g/mol. The quantitative estimate of drug-likeness (QED) is 0.678. The molecule has 0 aromatic carbocycles. The third-order valence-electron chi connectivity index (χ3n) is 2.32. The highest BCUT2D eigenvalue weighted by Gasteiger charge is 2.34. The van der Waals surface area contributed by atoms with E-state index >= 15 is 0 Å². The van der Waals surface area contributed by atoms with Gasteiger partial charge in [0.25, 0.3) is 0 Å². The molecule has 0 aliphatic heterocycles. The second-order valence-electron chi connectivity index (χ2n) is 3.19. The van der Waals surface area contributed by atoms with Crippen molar-refractivity contribution in [2.75, 3.05) is 7.05 Å². The first kappa shape index (κ1) is 10.8. The van der Waals surface area contributed by atoms with E-state index in [9.17, 15) is 18.4 Å². The van der Waals surface area contributed by atoms with Crippen LogP contribution in [0.25, 0.3) is 0 Å². The molecule has 0 saturated heterocycles. The van der Waals surface area contributed by atoms with Gasteiger partial charge in [0, 0.05) is 25.5 Å². The summed E-state index contributed by atoms with van der Waals surface area (Å²) < 4.78 is 26.3. The molecule has 1 N–H and O–H groups in total. The van der Waals surface area contributed by atoms with Gasteiger partial charge >= 0.3 is 0 Å². The van der Waals surface area contributed by atoms with Crippen LogP contribution >= 0.6 is 0 Å². The molecule has 2 atom stereocenters. The first-order valence-corrected chi connectivity index (χ1v) is 4.28. The molecule has 14 heavy (non-hydrogen) atoms. The van der Waals surface area contributed by atoms with Crippen molar-refractivity contribution >= 4 is 12.2 Å². The molecule has 5 heteroatoms. The van der Waals surface area contributed by atoms with Gasteiger partial charge in [-0.2, -0.15) is 0 Å². The van der Waals surface area contributed by atoms with Crippen molar-refractivity contribution in [1.82, 2.24) is 5.32 Å². The molecule has 1 aliphatic carbocycles.